The predicted molar refractivity (Wildman–Crippen MR) is 96.5 cm³/mol. The van der Waals surface area contributed by atoms with Crippen molar-refractivity contribution in [3.63, 3.8) is 0 Å². The molecule has 0 saturated heterocycles. The second kappa shape index (κ2) is 6.33. The average Bonchev–Trinajstić information content (AvgIpc) is 3.22. The number of H-pyrrole nitrogens is 2. The Balaban J connectivity index is 1.64. The molecule has 0 aliphatic heterocycles. The SMILES string of the molecule is C[C@H](Nc1ncnc2c1cnn2CCC#N)c1ccc2[nH]c(=O)[nH]c2c1. The van der Waals surface area contributed by atoms with Gasteiger partial charge in [-0.2, -0.15) is 10.4 Å². The monoisotopic (exact) mass is 348 g/mol. The Labute approximate surface area is 147 Å². The molecule has 4 aromatic rings. The molecule has 3 aromatic heterocycles. The Kier molecular flexibility index (Phi) is 3.85. The summed E-state index contributed by atoms with van der Waals surface area (Å²) in [5.74, 6) is 0.674. The molecule has 9 heteroatoms. The van der Waals surface area contributed by atoms with Crippen molar-refractivity contribution in [2.24, 2.45) is 0 Å². The fourth-order valence-corrected chi connectivity index (χ4v) is 2.94. The van der Waals surface area contributed by atoms with E-state index in [-0.39, 0.29) is 11.7 Å². The van der Waals surface area contributed by atoms with Gasteiger partial charge in [0.25, 0.3) is 0 Å². The van der Waals surface area contributed by atoms with Gasteiger partial charge in [0.15, 0.2) is 5.65 Å². The first-order chi connectivity index (χ1) is 12.7. The summed E-state index contributed by atoms with van der Waals surface area (Å²) >= 11 is 0. The topological polar surface area (TPSA) is 128 Å². The normalized spacial score (nSPS) is 12.3. The molecule has 0 bridgehead atoms. The number of hydrogen-bond acceptors (Lipinski definition) is 6. The van der Waals surface area contributed by atoms with Crippen molar-refractivity contribution in [2.75, 3.05) is 5.32 Å². The van der Waals surface area contributed by atoms with E-state index in [1.165, 1.54) is 6.33 Å². The maximum atomic E-state index is 11.4. The number of aromatic amines is 2. The van der Waals surface area contributed by atoms with Crippen LogP contribution < -0.4 is 11.0 Å². The highest BCUT2D eigenvalue weighted by Crippen LogP contribution is 2.25. The van der Waals surface area contributed by atoms with Crippen LogP contribution in [0, 0.1) is 11.3 Å². The third-order valence-corrected chi connectivity index (χ3v) is 4.26. The fraction of sp³-hybridized carbons (Fsp3) is 0.235. The fourth-order valence-electron chi connectivity index (χ4n) is 2.94. The van der Waals surface area contributed by atoms with Gasteiger partial charge < -0.3 is 15.3 Å². The molecule has 0 spiro atoms. The van der Waals surface area contributed by atoms with E-state index in [1.807, 2.05) is 25.1 Å². The van der Waals surface area contributed by atoms with Crippen molar-refractivity contribution >= 4 is 27.9 Å². The van der Waals surface area contributed by atoms with Crippen LogP contribution in [-0.4, -0.2) is 29.7 Å². The van der Waals surface area contributed by atoms with Gasteiger partial charge >= 0.3 is 5.69 Å². The van der Waals surface area contributed by atoms with Gasteiger partial charge in [0.1, 0.15) is 12.1 Å². The molecule has 3 N–H and O–H groups in total. The van der Waals surface area contributed by atoms with Gasteiger partial charge in [0.2, 0.25) is 0 Å². The minimum atomic E-state index is -0.222. The highest BCUT2D eigenvalue weighted by atomic mass is 16.1. The van der Waals surface area contributed by atoms with Gasteiger partial charge in [-0.05, 0) is 24.6 Å². The van der Waals surface area contributed by atoms with Crippen LogP contribution in [0.15, 0.2) is 35.5 Å². The van der Waals surface area contributed by atoms with E-state index >= 15 is 0 Å². The van der Waals surface area contributed by atoms with E-state index in [0.717, 1.165) is 22.0 Å². The number of nitrogens with one attached hydrogen (secondary N) is 3. The molecule has 0 fully saturated rings. The molecule has 0 unspecified atom stereocenters. The number of nitriles is 1. The van der Waals surface area contributed by atoms with Crippen LogP contribution in [0.2, 0.25) is 0 Å². The average molecular weight is 348 g/mol. The van der Waals surface area contributed by atoms with Crippen molar-refractivity contribution < 1.29 is 0 Å². The highest BCUT2D eigenvalue weighted by Gasteiger charge is 2.13. The Bertz CT molecular complexity index is 1180. The van der Waals surface area contributed by atoms with E-state index in [2.05, 4.69) is 36.4 Å². The summed E-state index contributed by atoms with van der Waals surface area (Å²) < 4.78 is 1.70. The summed E-state index contributed by atoms with van der Waals surface area (Å²) in [6, 6.07) is 7.82. The zero-order valence-corrected chi connectivity index (χ0v) is 14.0. The molecule has 9 nitrogen and oxygen atoms in total. The van der Waals surface area contributed by atoms with Crippen LogP contribution in [-0.2, 0) is 6.54 Å². The second-order valence-corrected chi connectivity index (χ2v) is 5.99. The summed E-state index contributed by atoms with van der Waals surface area (Å²) in [5, 5.41) is 17.2. The van der Waals surface area contributed by atoms with E-state index < -0.39 is 0 Å². The number of aromatic nitrogens is 6. The number of rotatable bonds is 5. The highest BCUT2D eigenvalue weighted by molar-refractivity contribution is 5.86. The molecule has 0 aliphatic carbocycles. The summed E-state index contributed by atoms with van der Waals surface area (Å²) in [4.78, 5) is 25.5. The minimum absolute atomic E-state index is 0.0432. The number of hydrogen-bond donors (Lipinski definition) is 3. The van der Waals surface area contributed by atoms with E-state index in [4.69, 9.17) is 5.26 Å². The summed E-state index contributed by atoms with van der Waals surface area (Å²) in [7, 11) is 0. The Hall–Kier alpha value is -3.67. The molecular weight excluding hydrogens is 332 g/mol. The zero-order valence-electron chi connectivity index (χ0n) is 14.0. The van der Waals surface area contributed by atoms with Crippen molar-refractivity contribution in [2.45, 2.75) is 25.9 Å². The molecule has 0 radical (unpaired) electrons. The largest absolute Gasteiger partial charge is 0.363 e. The molecule has 3 heterocycles. The van der Waals surface area contributed by atoms with Crippen LogP contribution in [0.4, 0.5) is 5.82 Å². The molecule has 0 amide bonds. The van der Waals surface area contributed by atoms with Crippen LogP contribution in [0.5, 0.6) is 0 Å². The standard InChI is InChI=1S/C17H16N8O/c1-10(11-3-4-13-14(7-11)24-17(26)23-13)22-15-12-8-21-25(6-2-5-18)16(12)20-9-19-15/h3-4,7-10H,2,6H2,1H3,(H,19,20,22)(H2,23,24,26)/t10-/m0/s1. The molecule has 4 rings (SSSR count). The van der Waals surface area contributed by atoms with Gasteiger partial charge in [-0.3, -0.25) is 0 Å². The Morgan fingerprint density at radius 3 is 3.00 bits per heavy atom. The van der Waals surface area contributed by atoms with E-state index in [0.29, 0.717) is 24.4 Å². The first-order valence-electron chi connectivity index (χ1n) is 8.17. The number of benzene rings is 1. The summed E-state index contributed by atoms with van der Waals surface area (Å²) in [6.45, 7) is 2.50. The lowest BCUT2D eigenvalue weighted by atomic mass is 10.1. The number of anilines is 1. The third-order valence-electron chi connectivity index (χ3n) is 4.26. The molecule has 130 valence electrons. The van der Waals surface area contributed by atoms with Crippen LogP contribution >= 0.6 is 0 Å². The van der Waals surface area contributed by atoms with Gasteiger partial charge in [0, 0.05) is 0 Å². The van der Waals surface area contributed by atoms with Crippen LogP contribution in [0.3, 0.4) is 0 Å². The molecule has 1 aromatic carbocycles. The van der Waals surface area contributed by atoms with Crippen LogP contribution in [0.1, 0.15) is 24.9 Å². The predicted octanol–water partition coefficient (Wildman–Crippen LogP) is 2.08. The van der Waals surface area contributed by atoms with Crippen LogP contribution in [0.25, 0.3) is 22.1 Å². The van der Waals surface area contributed by atoms with Crippen molar-refractivity contribution in [1.29, 1.82) is 5.26 Å². The second-order valence-electron chi connectivity index (χ2n) is 5.99. The number of aryl methyl sites for hydroxylation is 1. The lowest BCUT2D eigenvalue weighted by Gasteiger charge is -2.15. The minimum Gasteiger partial charge on any atom is -0.363 e. The van der Waals surface area contributed by atoms with Gasteiger partial charge in [-0.1, -0.05) is 6.07 Å². The quantitative estimate of drug-likeness (QED) is 0.506. The van der Waals surface area contributed by atoms with Gasteiger partial charge in [-0.25, -0.2) is 19.4 Å². The molecule has 1 atom stereocenters. The maximum absolute atomic E-state index is 11.4. The molecular formula is C17H16N8O. The van der Waals surface area contributed by atoms with E-state index in [9.17, 15) is 4.79 Å². The van der Waals surface area contributed by atoms with Gasteiger partial charge in [-0.15, -0.1) is 0 Å². The molecule has 0 aliphatic rings. The first-order valence-corrected chi connectivity index (χ1v) is 8.17. The first kappa shape index (κ1) is 15.8. The van der Waals surface area contributed by atoms with Crippen molar-refractivity contribution in [3.8, 4) is 6.07 Å². The smallest absolute Gasteiger partial charge is 0.323 e. The molecule has 26 heavy (non-hydrogen) atoms. The lowest BCUT2D eigenvalue weighted by molar-refractivity contribution is 0.643. The number of nitrogens with zero attached hydrogens (tertiary/aromatic N) is 5. The third kappa shape index (κ3) is 2.77. The van der Waals surface area contributed by atoms with Crippen molar-refractivity contribution in [1.82, 2.24) is 29.7 Å². The number of imidazole rings is 1. The Morgan fingerprint density at radius 2 is 2.15 bits per heavy atom. The summed E-state index contributed by atoms with van der Waals surface area (Å²) in [6.07, 6.45) is 3.55. The lowest BCUT2D eigenvalue weighted by Crippen LogP contribution is -2.09. The number of fused-ring (bicyclic) bond motifs is 2. The van der Waals surface area contributed by atoms with Crippen molar-refractivity contribution in [3.05, 3.63) is 46.8 Å². The molecule has 0 saturated carbocycles. The van der Waals surface area contributed by atoms with E-state index in [1.54, 1.807) is 10.9 Å². The summed E-state index contributed by atoms with van der Waals surface area (Å²) in [5.41, 5.74) is 3.01. The zero-order chi connectivity index (χ0) is 18.1. The maximum Gasteiger partial charge on any atom is 0.323 e. The Morgan fingerprint density at radius 1 is 1.31 bits per heavy atom. The van der Waals surface area contributed by atoms with Gasteiger partial charge in [0.05, 0.1) is 47.7 Å².